The summed E-state index contributed by atoms with van der Waals surface area (Å²) in [5, 5.41) is 0. The molecule has 29 heavy (non-hydrogen) atoms. The molecule has 152 valence electrons. The van der Waals surface area contributed by atoms with Crippen molar-refractivity contribution in [1.29, 1.82) is 0 Å². The van der Waals surface area contributed by atoms with Gasteiger partial charge in [0.05, 0.1) is 12.9 Å². The van der Waals surface area contributed by atoms with Crippen molar-refractivity contribution in [1.82, 2.24) is 9.29 Å². The van der Waals surface area contributed by atoms with E-state index in [1.165, 1.54) is 17.7 Å². The lowest BCUT2D eigenvalue weighted by Crippen LogP contribution is -2.37. The topological polar surface area (TPSA) is 95.0 Å². The highest BCUT2D eigenvalue weighted by molar-refractivity contribution is 7.89. The summed E-state index contributed by atoms with van der Waals surface area (Å²) >= 11 is 0. The van der Waals surface area contributed by atoms with Crippen LogP contribution in [0.15, 0.2) is 42.9 Å². The molecule has 0 radical (unpaired) electrons. The van der Waals surface area contributed by atoms with E-state index < -0.39 is 16.0 Å². The molecule has 8 nitrogen and oxygen atoms in total. The number of benzene rings is 1. The summed E-state index contributed by atoms with van der Waals surface area (Å²) in [6.07, 6.45) is 6.20. The Morgan fingerprint density at radius 3 is 2.93 bits per heavy atom. The number of fused-ring (bicyclic) bond motifs is 1. The van der Waals surface area contributed by atoms with Crippen molar-refractivity contribution in [2.24, 2.45) is 0 Å². The van der Waals surface area contributed by atoms with Crippen LogP contribution >= 0.6 is 0 Å². The maximum absolute atomic E-state index is 12.2. The molecule has 2 aliphatic rings. The van der Waals surface area contributed by atoms with Crippen LogP contribution in [-0.2, 0) is 21.3 Å². The molecule has 9 heteroatoms. The van der Waals surface area contributed by atoms with Gasteiger partial charge in [-0.15, -0.1) is 0 Å². The van der Waals surface area contributed by atoms with E-state index in [1.54, 1.807) is 30.6 Å². The zero-order valence-electron chi connectivity index (χ0n) is 15.8. The standard InChI is InChI=1S/C20H20N2O6S/c1-26-20(23)16-5-4-6-17-19(16)27-13-18(28-17)15-9-14(10-21-11-15)12-22-7-2-3-8-29(22,24)25/h4-6,9-11,13H,2-3,7-8,12H2,1H3. The van der Waals surface area contributed by atoms with Crippen LogP contribution in [0.25, 0.3) is 5.76 Å². The van der Waals surface area contributed by atoms with Gasteiger partial charge in [0.15, 0.2) is 17.3 Å². The molecule has 1 aromatic carbocycles. The second-order valence-corrected chi connectivity index (χ2v) is 8.85. The number of hydrogen-bond acceptors (Lipinski definition) is 7. The van der Waals surface area contributed by atoms with Crippen LogP contribution in [-0.4, -0.2) is 43.1 Å². The quantitative estimate of drug-likeness (QED) is 0.707. The van der Waals surface area contributed by atoms with E-state index in [-0.39, 0.29) is 23.6 Å². The molecule has 0 atom stereocenters. The number of sulfonamides is 1. The molecule has 0 saturated carbocycles. The minimum Gasteiger partial charge on any atom is -0.465 e. The number of carbonyl (C=O) groups is 1. The fourth-order valence-corrected chi connectivity index (χ4v) is 4.88. The summed E-state index contributed by atoms with van der Waals surface area (Å²) in [5.41, 5.74) is 1.67. The van der Waals surface area contributed by atoms with E-state index in [4.69, 9.17) is 14.2 Å². The number of rotatable bonds is 4. The first kappa shape index (κ1) is 19.4. The highest BCUT2D eigenvalue weighted by Gasteiger charge is 2.26. The molecular weight excluding hydrogens is 396 g/mol. The summed E-state index contributed by atoms with van der Waals surface area (Å²) in [4.78, 5) is 16.1. The van der Waals surface area contributed by atoms with Gasteiger partial charge in [-0.2, -0.15) is 4.31 Å². The number of carbonyl (C=O) groups excluding carboxylic acids is 1. The van der Waals surface area contributed by atoms with Crippen LogP contribution in [0.5, 0.6) is 11.5 Å². The average Bonchev–Trinajstić information content (AvgIpc) is 2.74. The third-order valence-electron chi connectivity index (χ3n) is 4.78. The summed E-state index contributed by atoms with van der Waals surface area (Å²) in [5.74, 6) is 0.742. The van der Waals surface area contributed by atoms with Crippen LogP contribution in [0.3, 0.4) is 0 Å². The zero-order chi connectivity index (χ0) is 20.4. The van der Waals surface area contributed by atoms with Gasteiger partial charge in [-0.25, -0.2) is 13.2 Å². The fourth-order valence-electron chi connectivity index (χ4n) is 3.30. The predicted octanol–water partition coefficient (Wildman–Crippen LogP) is 2.56. The van der Waals surface area contributed by atoms with Gasteiger partial charge in [-0.3, -0.25) is 4.98 Å². The van der Waals surface area contributed by atoms with Crippen molar-refractivity contribution in [2.45, 2.75) is 19.4 Å². The van der Waals surface area contributed by atoms with Crippen LogP contribution in [0.2, 0.25) is 0 Å². The number of esters is 1. The maximum Gasteiger partial charge on any atom is 0.341 e. The Bertz CT molecular complexity index is 1080. The Morgan fingerprint density at radius 1 is 1.28 bits per heavy atom. The zero-order valence-corrected chi connectivity index (χ0v) is 16.6. The first-order valence-corrected chi connectivity index (χ1v) is 10.8. The highest BCUT2D eigenvalue weighted by Crippen LogP contribution is 2.38. The number of ether oxygens (including phenoxy) is 3. The molecule has 4 rings (SSSR count). The Hall–Kier alpha value is -2.91. The summed E-state index contributed by atoms with van der Waals surface area (Å²) in [6, 6.07) is 6.77. The minimum atomic E-state index is -3.22. The van der Waals surface area contributed by atoms with Crippen molar-refractivity contribution < 1.29 is 27.4 Å². The summed E-state index contributed by atoms with van der Waals surface area (Å²) in [7, 11) is -1.93. The third kappa shape index (κ3) is 3.96. The highest BCUT2D eigenvalue weighted by atomic mass is 32.2. The Labute approximate surface area is 168 Å². The van der Waals surface area contributed by atoms with E-state index in [1.807, 2.05) is 6.07 Å². The van der Waals surface area contributed by atoms with E-state index in [2.05, 4.69) is 4.98 Å². The molecule has 0 spiro atoms. The second kappa shape index (κ2) is 7.84. The van der Waals surface area contributed by atoms with Gasteiger partial charge in [-0.05, 0) is 36.6 Å². The normalized spacial score (nSPS) is 18.0. The molecule has 1 aromatic heterocycles. The molecule has 0 aliphatic carbocycles. The lowest BCUT2D eigenvalue weighted by atomic mass is 10.1. The Balaban J connectivity index is 1.56. The summed E-state index contributed by atoms with van der Waals surface area (Å²) in [6.45, 7) is 0.777. The van der Waals surface area contributed by atoms with Crippen LogP contribution in [0, 0.1) is 0 Å². The van der Waals surface area contributed by atoms with Gasteiger partial charge >= 0.3 is 5.97 Å². The predicted molar refractivity (Wildman–Crippen MR) is 105 cm³/mol. The van der Waals surface area contributed by atoms with E-state index in [0.717, 1.165) is 12.0 Å². The van der Waals surface area contributed by atoms with Crippen LogP contribution in [0.1, 0.15) is 34.3 Å². The number of hydrogen-bond donors (Lipinski definition) is 0. The second-order valence-electron chi connectivity index (χ2n) is 6.76. The molecular formula is C20H20N2O6S. The lowest BCUT2D eigenvalue weighted by Gasteiger charge is -2.26. The number of aromatic nitrogens is 1. The first-order chi connectivity index (χ1) is 14.0. The number of pyridine rings is 1. The SMILES string of the molecule is COC(=O)c1cccc2c1OC=C(c1cncc(CN3CCCCS3(=O)=O)c1)O2. The number of methoxy groups -OCH3 is 1. The smallest absolute Gasteiger partial charge is 0.341 e. The number of nitrogens with zero attached hydrogens (tertiary/aromatic N) is 2. The van der Waals surface area contributed by atoms with E-state index in [0.29, 0.717) is 30.0 Å². The van der Waals surface area contributed by atoms with Gasteiger partial charge in [0.25, 0.3) is 0 Å². The fraction of sp³-hybridized carbons (Fsp3) is 0.300. The molecule has 3 heterocycles. The summed E-state index contributed by atoms with van der Waals surface area (Å²) < 4.78 is 42.3. The molecule has 1 saturated heterocycles. The van der Waals surface area contributed by atoms with Gasteiger partial charge in [-0.1, -0.05) is 6.07 Å². The van der Waals surface area contributed by atoms with Crippen LogP contribution < -0.4 is 9.47 Å². The van der Waals surface area contributed by atoms with Crippen molar-refractivity contribution in [3.63, 3.8) is 0 Å². The lowest BCUT2D eigenvalue weighted by molar-refractivity contribution is 0.0597. The molecule has 0 unspecified atom stereocenters. The largest absolute Gasteiger partial charge is 0.465 e. The van der Waals surface area contributed by atoms with E-state index in [9.17, 15) is 13.2 Å². The van der Waals surface area contributed by atoms with E-state index >= 15 is 0 Å². The molecule has 1 fully saturated rings. The Kier molecular flexibility index (Phi) is 5.25. The van der Waals surface area contributed by atoms with Gasteiger partial charge in [0.1, 0.15) is 11.8 Å². The molecule has 0 N–H and O–H groups in total. The molecule has 2 aliphatic heterocycles. The van der Waals surface area contributed by atoms with Gasteiger partial charge < -0.3 is 14.2 Å². The maximum atomic E-state index is 12.2. The number of para-hydroxylation sites is 1. The van der Waals surface area contributed by atoms with Crippen LogP contribution in [0.4, 0.5) is 0 Å². The Morgan fingerprint density at radius 2 is 2.14 bits per heavy atom. The van der Waals surface area contributed by atoms with Crippen molar-refractivity contribution in [3.05, 3.63) is 59.6 Å². The molecule has 0 amide bonds. The monoisotopic (exact) mass is 416 g/mol. The minimum absolute atomic E-state index is 0.182. The third-order valence-corrected chi connectivity index (χ3v) is 6.68. The molecule has 2 aromatic rings. The average molecular weight is 416 g/mol. The van der Waals surface area contributed by atoms with Crippen molar-refractivity contribution in [3.8, 4) is 11.5 Å². The molecule has 0 bridgehead atoms. The van der Waals surface area contributed by atoms with Gasteiger partial charge in [0, 0.05) is 31.0 Å². The van der Waals surface area contributed by atoms with Gasteiger partial charge in [0.2, 0.25) is 10.0 Å². The first-order valence-electron chi connectivity index (χ1n) is 9.16. The van der Waals surface area contributed by atoms with Crippen molar-refractivity contribution >= 4 is 21.8 Å². The van der Waals surface area contributed by atoms with Crippen molar-refractivity contribution in [2.75, 3.05) is 19.4 Å².